The van der Waals surface area contributed by atoms with Crippen molar-refractivity contribution < 1.29 is 9.59 Å². The van der Waals surface area contributed by atoms with Crippen LogP contribution in [0.5, 0.6) is 0 Å². The van der Waals surface area contributed by atoms with Crippen LogP contribution in [0.15, 0.2) is 69.5 Å². The second kappa shape index (κ2) is 11.5. The van der Waals surface area contributed by atoms with Crippen molar-refractivity contribution in [3.63, 3.8) is 0 Å². The third-order valence-electron chi connectivity index (χ3n) is 6.91. The van der Waals surface area contributed by atoms with Crippen molar-refractivity contribution in [3.05, 3.63) is 86.3 Å². The fraction of sp³-hybridized carbons (Fsp3) is 0.276. The van der Waals surface area contributed by atoms with E-state index in [1.54, 1.807) is 23.1 Å². The number of thioether (sulfide) groups is 1. The van der Waals surface area contributed by atoms with Crippen molar-refractivity contribution in [2.45, 2.75) is 43.9 Å². The third-order valence-corrected chi connectivity index (χ3v) is 9.50. The molecule has 5 rings (SSSR count). The number of aryl methyl sites for hydroxylation is 1. The summed E-state index contributed by atoms with van der Waals surface area (Å²) in [6.07, 6.45) is 0.937. The van der Waals surface area contributed by atoms with E-state index in [9.17, 15) is 14.9 Å². The molecule has 3 aromatic rings. The Morgan fingerprint density at radius 2 is 1.95 bits per heavy atom. The maximum Gasteiger partial charge on any atom is 0.234 e. The van der Waals surface area contributed by atoms with Crippen molar-refractivity contribution in [2.75, 3.05) is 16.0 Å². The molecule has 1 amide bonds. The zero-order valence-electron chi connectivity index (χ0n) is 22.5. The van der Waals surface area contributed by atoms with E-state index in [1.165, 1.54) is 23.1 Å². The molecule has 12 heteroatoms. The Labute approximate surface area is 256 Å². The van der Waals surface area contributed by atoms with Gasteiger partial charge < -0.3 is 11.1 Å². The predicted molar refractivity (Wildman–Crippen MR) is 164 cm³/mol. The summed E-state index contributed by atoms with van der Waals surface area (Å²) in [6.45, 7) is 6.07. The van der Waals surface area contributed by atoms with E-state index in [0.29, 0.717) is 49.2 Å². The van der Waals surface area contributed by atoms with Gasteiger partial charge in [-0.1, -0.05) is 90.0 Å². The second-order valence-corrected chi connectivity index (χ2v) is 13.7. The lowest BCUT2D eigenvalue weighted by Crippen LogP contribution is -2.42. The number of nitrogens with zero attached hydrogens (tertiary/aromatic N) is 4. The number of hydrogen-bond acceptors (Lipinski definition) is 9. The highest BCUT2D eigenvalue weighted by Crippen LogP contribution is 2.50. The lowest BCUT2D eigenvalue weighted by atomic mass is 9.68. The minimum atomic E-state index is -0.555. The highest BCUT2D eigenvalue weighted by molar-refractivity contribution is 8.01. The summed E-state index contributed by atoms with van der Waals surface area (Å²) in [6, 6.07) is 14.9. The van der Waals surface area contributed by atoms with E-state index in [0.717, 1.165) is 16.8 Å². The van der Waals surface area contributed by atoms with Gasteiger partial charge >= 0.3 is 0 Å². The Hall–Kier alpha value is -3.36. The van der Waals surface area contributed by atoms with E-state index in [4.69, 9.17) is 28.9 Å². The minimum Gasteiger partial charge on any atom is -0.384 e. The van der Waals surface area contributed by atoms with Crippen molar-refractivity contribution >= 4 is 68.8 Å². The van der Waals surface area contributed by atoms with Crippen LogP contribution in [-0.2, 0) is 9.59 Å². The Kier molecular flexibility index (Phi) is 8.17. The number of nitrogens with one attached hydrogen (secondary N) is 1. The van der Waals surface area contributed by atoms with E-state index in [1.807, 2.05) is 45.0 Å². The highest BCUT2D eigenvalue weighted by atomic mass is 35.5. The van der Waals surface area contributed by atoms with Gasteiger partial charge in [0.25, 0.3) is 0 Å². The molecule has 3 N–H and O–H groups in total. The number of carbonyl (C=O) groups excluding carboxylic acids is 2. The molecular formula is C29H26Cl2N6O2S2. The number of halogens is 2. The van der Waals surface area contributed by atoms with E-state index in [-0.39, 0.29) is 28.7 Å². The lowest BCUT2D eigenvalue weighted by Gasteiger charge is -2.42. The van der Waals surface area contributed by atoms with Crippen LogP contribution in [0.1, 0.15) is 43.7 Å². The third kappa shape index (κ3) is 5.99. The fourth-order valence-electron chi connectivity index (χ4n) is 5.08. The molecule has 1 aliphatic carbocycles. The molecule has 1 aromatic heterocycles. The number of aromatic nitrogens is 2. The van der Waals surface area contributed by atoms with Gasteiger partial charge in [-0.2, -0.15) is 5.26 Å². The van der Waals surface area contributed by atoms with Crippen LogP contribution in [-0.4, -0.2) is 27.6 Å². The Morgan fingerprint density at radius 1 is 1.22 bits per heavy atom. The molecule has 0 radical (unpaired) electrons. The van der Waals surface area contributed by atoms with Gasteiger partial charge in [0, 0.05) is 22.7 Å². The summed E-state index contributed by atoms with van der Waals surface area (Å²) in [7, 11) is 0. The fourth-order valence-corrected chi connectivity index (χ4v) is 7.21. The molecule has 41 heavy (non-hydrogen) atoms. The molecule has 0 saturated heterocycles. The van der Waals surface area contributed by atoms with Gasteiger partial charge in [0.2, 0.25) is 11.0 Å². The van der Waals surface area contributed by atoms with Crippen LogP contribution < -0.4 is 16.0 Å². The van der Waals surface area contributed by atoms with Crippen LogP contribution in [0.25, 0.3) is 0 Å². The average Bonchev–Trinajstić information content (AvgIpc) is 3.37. The number of Topliss-reactive ketones (excluding diaryl/α,β-unsaturated/α-hetero) is 1. The van der Waals surface area contributed by atoms with Crippen molar-refractivity contribution in [3.8, 4) is 6.07 Å². The van der Waals surface area contributed by atoms with Crippen LogP contribution in [0.3, 0.4) is 0 Å². The first-order chi connectivity index (χ1) is 19.5. The topological polar surface area (TPSA) is 125 Å². The molecule has 0 spiro atoms. The zero-order chi connectivity index (χ0) is 29.5. The van der Waals surface area contributed by atoms with Crippen LogP contribution in [0.4, 0.5) is 10.8 Å². The molecule has 2 aromatic carbocycles. The number of anilines is 2. The Morgan fingerprint density at radius 3 is 2.63 bits per heavy atom. The maximum absolute atomic E-state index is 13.7. The van der Waals surface area contributed by atoms with Crippen LogP contribution >= 0.6 is 46.3 Å². The Balaban J connectivity index is 1.45. The van der Waals surface area contributed by atoms with Crippen LogP contribution in [0.2, 0.25) is 10.0 Å². The quantitative estimate of drug-likeness (QED) is 0.286. The molecule has 210 valence electrons. The Bertz CT molecular complexity index is 1660. The largest absolute Gasteiger partial charge is 0.384 e. The van der Waals surface area contributed by atoms with Gasteiger partial charge in [0.05, 0.1) is 34.0 Å². The number of benzene rings is 2. The second-order valence-electron chi connectivity index (χ2n) is 10.7. The first-order valence-corrected chi connectivity index (χ1v) is 15.3. The number of carbonyl (C=O) groups is 2. The van der Waals surface area contributed by atoms with E-state index >= 15 is 0 Å². The molecule has 8 nitrogen and oxygen atoms in total. The van der Waals surface area contributed by atoms with Gasteiger partial charge in [0.1, 0.15) is 5.82 Å². The molecule has 1 aliphatic heterocycles. The van der Waals surface area contributed by atoms with Crippen molar-refractivity contribution in [1.82, 2.24) is 10.2 Å². The smallest absolute Gasteiger partial charge is 0.234 e. The lowest BCUT2D eigenvalue weighted by molar-refractivity contribution is -0.118. The molecule has 0 saturated carbocycles. The standard InChI is InChI=1S/C29H26Cl2N6O2S2/c1-15-4-6-16(7-5-15)24-18(13-32)26(33)37(21-11-29(2,3)12-22(38)25(21)24)27-35-36-28(41-27)40-14-23(39)34-20-9-8-17(30)10-19(20)31/h4-10,24H,11-12,14,33H2,1-3H3,(H,34,39). The molecule has 2 aliphatic rings. The number of hydrogen-bond donors (Lipinski definition) is 2. The van der Waals surface area contributed by atoms with Crippen molar-refractivity contribution in [2.24, 2.45) is 11.1 Å². The molecule has 0 bridgehead atoms. The summed E-state index contributed by atoms with van der Waals surface area (Å²) in [5.41, 5.74) is 10.4. The average molecular weight is 626 g/mol. The summed E-state index contributed by atoms with van der Waals surface area (Å²) in [5, 5.41) is 22.9. The predicted octanol–water partition coefficient (Wildman–Crippen LogP) is 6.83. The van der Waals surface area contributed by atoms with Crippen molar-refractivity contribution in [1.29, 1.82) is 5.26 Å². The monoisotopic (exact) mass is 624 g/mol. The van der Waals surface area contributed by atoms with Gasteiger partial charge in [0.15, 0.2) is 10.1 Å². The SMILES string of the molecule is Cc1ccc(C2C(C#N)=C(N)N(c3nnc(SCC(=O)Nc4ccc(Cl)cc4Cl)s3)C3=C2C(=O)CC(C)(C)C3)cc1. The number of rotatable bonds is 6. The number of ketones is 1. The number of amides is 1. The highest BCUT2D eigenvalue weighted by Gasteiger charge is 2.45. The normalized spacial score (nSPS) is 18.3. The molecular weight excluding hydrogens is 599 g/mol. The van der Waals surface area contributed by atoms with E-state index in [2.05, 4.69) is 21.6 Å². The van der Waals surface area contributed by atoms with E-state index < -0.39 is 5.92 Å². The summed E-state index contributed by atoms with van der Waals surface area (Å²) >= 11 is 14.5. The number of allylic oxidation sites excluding steroid dienone is 3. The first-order valence-electron chi connectivity index (χ1n) is 12.7. The number of nitrogens with two attached hydrogens (primary N) is 1. The van der Waals surface area contributed by atoms with Gasteiger partial charge in [-0.05, 0) is 42.5 Å². The number of nitriles is 1. The summed E-state index contributed by atoms with van der Waals surface area (Å²) < 4.78 is 0.535. The van der Waals surface area contributed by atoms with Crippen LogP contribution in [0, 0.1) is 23.7 Å². The molecule has 1 atom stereocenters. The molecule has 1 unspecified atom stereocenters. The van der Waals surface area contributed by atoms with Gasteiger partial charge in [-0.25, -0.2) is 0 Å². The summed E-state index contributed by atoms with van der Waals surface area (Å²) in [4.78, 5) is 27.9. The van der Waals surface area contributed by atoms with Gasteiger partial charge in [-0.15, -0.1) is 10.2 Å². The summed E-state index contributed by atoms with van der Waals surface area (Å²) in [5.74, 6) is -0.544. The first kappa shape index (κ1) is 29.1. The minimum absolute atomic E-state index is 0.0104. The zero-order valence-corrected chi connectivity index (χ0v) is 25.6. The molecule has 0 fully saturated rings. The van der Waals surface area contributed by atoms with Gasteiger partial charge in [-0.3, -0.25) is 14.5 Å². The molecule has 2 heterocycles. The maximum atomic E-state index is 13.7.